The third-order valence-electron chi connectivity index (χ3n) is 2.15. The highest BCUT2D eigenvalue weighted by atomic mass is 16.2. The zero-order valence-corrected chi connectivity index (χ0v) is 8.84. The maximum atomic E-state index is 10.8. The second kappa shape index (κ2) is 6.86. The zero-order valence-electron chi connectivity index (χ0n) is 8.84. The van der Waals surface area contributed by atoms with Crippen LogP contribution in [0.5, 0.6) is 0 Å². The fraction of sp³-hybridized carbons (Fsp3) is 0.889. The van der Waals surface area contributed by atoms with Gasteiger partial charge in [-0.3, -0.25) is 10.2 Å². The van der Waals surface area contributed by atoms with Crippen LogP contribution in [0.1, 0.15) is 33.6 Å². The number of nitrogens with one attached hydrogen (secondary N) is 1. The van der Waals surface area contributed by atoms with Gasteiger partial charge in [0, 0.05) is 12.5 Å². The van der Waals surface area contributed by atoms with Gasteiger partial charge in [-0.25, -0.2) is 5.84 Å². The second-order valence-corrected chi connectivity index (χ2v) is 3.39. The summed E-state index contributed by atoms with van der Waals surface area (Å²) in [5.74, 6) is 4.88. The van der Waals surface area contributed by atoms with Gasteiger partial charge in [0.25, 0.3) is 0 Å². The lowest BCUT2D eigenvalue weighted by Gasteiger charge is -2.24. The molecule has 3 N–H and O–H groups in total. The molecule has 0 aromatic heterocycles. The molecule has 0 rings (SSSR count). The lowest BCUT2D eigenvalue weighted by molar-refractivity contribution is -0.121. The molecule has 0 atom stereocenters. The fourth-order valence-electron chi connectivity index (χ4n) is 1.30. The summed E-state index contributed by atoms with van der Waals surface area (Å²) in [6.07, 6.45) is 1.38. The summed E-state index contributed by atoms with van der Waals surface area (Å²) in [4.78, 5) is 13.1. The summed E-state index contributed by atoms with van der Waals surface area (Å²) >= 11 is 0. The maximum Gasteiger partial charge on any atom is 0.233 e. The van der Waals surface area contributed by atoms with E-state index >= 15 is 0 Å². The topological polar surface area (TPSA) is 58.4 Å². The average molecular weight is 187 g/mol. The molecule has 0 aliphatic carbocycles. The van der Waals surface area contributed by atoms with Crippen molar-refractivity contribution in [3.8, 4) is 0 Å². The molecule has 0 spiro atoms. The minimum absolute atomic E-state index is 0.0835. The number of carbonyl (C=O) groups excluding carboxylic acids is 1. The van der Waals surface area contributed by atoms with Crippen LogP contribution in [0.25, 0.3) is 0 Å². The van der Waals surface area contributed by atoms with Gasteiger partial charge in [-0.2, -0.15) is 0 Å². The normalized spacial score (nSPS) is 10.9. The van der Waals surface area contributed by atoms with Crippen molar-refractivity contribution < 1.29 is 4.79 Å². The van der Waals surface area contributed by atoms with Crippen LogP contribution in [0.15, 0.2) is 0 Å². The Labute approximate surface area is 80.4 Å². The molecule has 0 aromatic rings. The van der Waals surface area contributed by atoms with Crippen LogP contribution in [0.3, 0.4) is 0 Å². The molecule has 0 radical (unpaired) electrons. The van der Waals surface area contributed by atoms with Crippen molar-refractivity contribution in [3.63, 3.8) is 0 Å². The largest absolute Gasteiger partial charge is 0.301 e. The Morgan fingerprint density at radius 2 is 2.15 bits per heavy atom. The molecule has 0 heterocycles. The number of hydrogen-bond acceptors (Lipinski definition) is 3. The molecule has 4 nitrogen and oxygen atoms in total. The predicted molar refractivity (Wildman–Crippen MR) is 53.9 cm³/mol. The van der Waals surface area contributed by atoms with Gasteiger partial charge in [0.05, 0.1) is 0 Å². The van der Waals surface area contributed by atoms with Crippen molar-refractivity contribution >= 4 is 5.91 Å². The van der Waals surface area contributed by atoms with Crippen molar-refractivity contribution in [2.45, 2.75) is 39.7 Å². The van der Waals surface area contributed by atoms with E-state index in [1.807, 2.05) is 0 Å². The van der Waals surface area contributed by atoms with Crippen molar-refractivity contribution in [2.75, 3.05) is 13.1 Å². The van der Waals surface area contributed by atoms with E-state index in [0.29, 0.717) is 12.5 Å². The first-order valence-corrected chi connectivity index (χ1v) is 4.85. The Morgan fingerprint density at radius 3 is 2.54 bits per heavy atom. The SMILES string of the molecule is CCN(CCCC(=O)NN)C(C)C. The molecule has 4 heteroatoms. The standard InChI is InChI=1S/C9H21N3O/c1-4-12(8(2)3)7-5-6-9(13)11-10/h8H,4-7,10H2,1-3H3,(H,11,13). The van der Waals surface area contributed by atoms with Gasteiger partial charge in [-0.15, -0.1) is 0 Å². The summed E-state index contributed by atoms with van der Waals surface area (Å²) in [5, 5.41) is 0. The molecule has 0 aliphatic heterocycles. The number of nitrogens with zero attached hydrogens (tertiary/aromatic N) is 1. The minimum atomic E-state index is -0.0835. The van der Waals surface area contributed by atoms with Gasteiger partial charge in [-0.05, 0) is 33.4 Å². The first-order chi connectivity index (χ1) is 6.11. The molecular weight excluding hydrogens is 166 g/mol. The first-order valence-electron chi connectivity index (χ1n) is 4.85. The maximum absolute atomic E-state index is 10.8. The van der Waals surface area contributed by atoms with E-state index in [0.717, 1.165) is 19.5 Å². The summed E-state index contributed by atoms with van der Waals surface area (Å²) in [7, 11) is 0. The Balaban J connectivity index is 3.55. The second-order valence-electron chi connectivity index (χ2n) is 3.39. The van der Waals surface area contributed by atoms with E-state index in [2.05, 4.69) is 31.1 Å². The van der Waals surface area contributed by atoms with Crippen molar-refractivity contribution in [1.82, 2.24) is 10.3 Å². The molecule has 1 amide bonds. The minimum Gasteiger partial charge on any atom is -0.301 e. The van der Waals surface area contributed by atoms with Gasteiger partial charge in [0.2, 0.25) is 5.91 Å². The van der Waals surface area contributed by atoms with Crippen LogP contribution in [0.2, 0.25) is 0 Å². The first kappa shape index (κ1) is 12.4. The van der Waals surface area contributed by atoms with Crippen LogP contribution in [-0.4, -0.2) is 29.9 Å². The smallest absolute Gasteiger partial charge is 0.233 e. The van der Waals surface area contributed by atoms with Crippen molar-refractivity contribution in [2.24, 2.45) is 5.84 Å². The van der Waals surface area contributed by atoms with Crippen LogP contribution in [0, 0.1) is 0 Å². The van der Waals surface area contributed by atoms with E-state index in [1.165, 1.54) is 0 Å². The van der Waals surface area contributed by atoms with Gasteiger partial charge < -0.3 is 4.90 Å². The number of hydrazine groups is 1. The number of hydrogen-bond donors (Lipinski definition) is 2. The highest BCUT2D eigenvalue weighted by molar-refractivity contribution is 5.75. The quantitative estimate of drug-likeness (QED) is 0.361. The Kier molecular flexibility index (Phi) is 6.54. The third kappa shape index (κ3) is 5.60. The summed E-state index contributed by atoms with van der Waals surface area (Å²) in [6.45, 7) is 8.44. The summed E-state index contributed by atoms with van der Waals surface area (Å²) in [6, 6.07) is 0.547. The van der Waals surface area contributed by atoms with Gasteiger partial charge in [-0.1, -0.05) is 6.92 Å². The highest BCUT2D eigenvalue weighted by Gasteiger charge is 2.06. The van der Waals surface area contributed by atoms with E-state index in [1.54, 1.807) is 0 Å². The van der Waals surface area contributed by atoms with Crippen LogP contribution >= 0.6 is 0 Å². The Bertz CT molecular complexity index is 148. The molecule has 0 unspecified atom stereocenters. The molecule has 78 valence electrons. The fourth-order valence-corrected chi connectivity index (χ4v) is 1.30. The summed E-state index contributed by atoms with van der Waals surface area (Å²) in [5.41, 5.74) is 2.13. The molecule has 0 fully saturated rings. The molecule has 0 aromatic carbocycles. The Hall–Kier alpha value is -0.610. The van der Waals surface area contributed by atoms with Crippen molar-refractivity contribution in [3.05, 3.63) is 0 Å². The molecule has 13 heavy (non-hydrogen) atoms. The van der Waals surface area contributed by atoms with Crippen molar-refractivity contribution in [1.29, 1.82) is 0 Å². The lowest BCUT2D eigenvalue weighted by atomic mass is 10.2. The third-order valence-corrected chi connectivity index (χ3v) is 2.15. The van der Waals surface area contributed by atoms with Gasteiger partial charge in [0.1, 0.15) is 0 Å². The highest BCUT2D eigenvalue weighted by Crippen LogP contribution is 2.00. The number of carbonyl (C=O) groups is 1. The number of rotatable bonds is 6. The van der Waals surface area contributed by atoms with Crippen LogP contribution in [-0.2, 0) is 4.79 Å². The number of nitrogens with two attached hydrogens (primary N) is 1. The Morgan fingerprint density at radius 1 is 1.54 bits per heavy atom. The molecule has 0 aliphatic rings. The monoisotopic (exact) mass is 187 g/mol. The molecular formula is C9H21N3O. The summed E-state index contributed by atoms with van der Waals surface area (Å²) < 4.78 is 0. The molecule has 0 saturated heterocycles. The average Bonchev–Trinajstić information content (AvgIpc) is 2.11. The predicted octanol–water partition coefficient (Wildman–Crippen LogP) is 0.487. The molecule has 0 saturated carbocycles. The van der Waals surface area contributed by atoms with Crippen LogP contribution < -0.4 is 11.3 Å². The molecule has 0 bridgehead atoms. The van der Waals surface area contributed by atoms with Gasteiger partial charge in [0.15, 0.2) is 0 Å². The van der Waals surface area contributed by atoms with E-state index in [-0.39, 0.29) is 5.91 Å². The van der Waals surface area contributed by atoms with E-state index in [9.17, 15) is 4.79 Å². The van der Waals surface area contributed by atoms with Crippen LogP contribution in [0.4, 0.5) is 0 Å². The van der Waals surface area contributed by atoms with Gasteiger partial charge >= 0.3 is 0 Å². The number of amides is 1. The zero-order chi connectivity index (χ0) is 10.3. The lowest BCUT2D eigenvalue weighted by Crippen LogP contribution is -2.34. The van der Waals surface area contributed by atoms with E-state index < -0.39 is 0 Å². The van der Waals surface area contributed by atoms with E-state index in [4.69, 9.17) is 5.84 Å².